The van der Waals surface area contributed by atoms with E-state index < -0.39 is 0 Å². The first-order chi connectivity index (χ1) is 14.3. The van der Waals surface area contributed by atoms with Crippen molar-refractivity contribution in [2.24, 2.45) is 22.7 Å². The van der Waals surface area contributed by atoms with Crippen LogP contribution in [-0.2, 0) is 19.1 Å². The van der Waals surface area contributed by atoms with E-state index in [9.17, 15) is 14.4 Å². The summed E-state index contributed by atoms with van der Waals surface area (Å²) in [5, 5.41) is 0. The zero-order valence-electron chi connectivity index (χ0n) is 18.6. The van der Waals surface area contributed by atoms with Gasteiger partial charge in [-0.15, -0.1) is 0 Å². The monoisotopic (exact) mass is 410 g/mol. The van der Waals surface area contributed by atoms with Crippen LogP contribution in [0.4, 0.5) is 0 Å². The van der Waals surface area contributed by atoms with E-state index in [1.165, 1.54) is 11.1 Å². The Kier molecular flexibility index (Phi) is 5.63. The summed E-state index contributed by atoms with van der Waals surface area (Å²) in [5.74, 6) is 1.20. The van der Waals surface area contributed by atoms with Crippen LogP contribution in [0.5, 0.6) is 0 Å². The number of ether oxygens (including phenoxy) is 1. The van der Waals surface area contributed by atoms with Gasteiger partial charge >= 0.3 is 5.97 Å². The molecule has 4 rings (SSSR count). The predicted octanol–water partition coefficient (Wildman–Crippen LogP) is 5.62. The number of esters is 1. The van der Waals surface area contributed by atoms with Crippen LogP contribution in [0.15, 0.2) is 34.6 Å². The number of hydrogen-bond donors (Lipinski definition) is 0. The quantitative estimate of drug-likeness (QED) is 0.194. The SMILES string of the molecule is CCCCC(=O)O/C(C=O)=C1/CC[C@H]2[C@@H]3CCC4=CC(=O)CC[C@]4(C)C3=CC[C@]12C. The molecule has 162 valence electrons. The molecule has 4 aliphatic carbocycles. The molecule has 0 aromatic heterocycles. The van der Waals surface area contributed by atoms with Crippen LogP contribution in [0.2, 0.25) is 0 Å². The van der Waals surface area contributed by atoms with Gasteiger partial charge in [-0.1, -0.05) is 44.4 Å². The number of carbonyl (C=O) groups excluding carboxylic acids is 3. The number of aldehydes is 1. The van der Waals surface area contributed by atoms with E-state index in [1.54, 1.807) is 0 Å². The Balaban J connectivity index is 1.65. The molecule has 30 heavy (non-hydrogen) atoms. The van der Waals surface area contributed by atoms with Gasteiger partial charge in [-0.25, -0.2) is 0 Å². The van der Waals surface area contributed by atoms with E-state index >= 15 is 0 Å². The highest BCUT2D eigenvalue weighted by molar-refractivity contribution is 5.92. The second kappa shape index (κ2) is 7.94. The lowest BCUT2D eigenvalue weighted by molar-refractivity contribution is -0.141. The summed E-state index contributed by atoms with van der Waals surface area (Å²) < 4.78 is 5.56. The highest BCUT2D eigenvalue weighted by Crippen LogP contribution is 2.64. The first-order valence-electron chi connectivity index (χ1n) is 11.7. The number of carbonyl (C=O) groups is 3. The lowest BCUT2D eigenvalue weighted by Gasteiger charge is -2.52. The highest BCUT2D eigenvalue weighted by atomic mass is 16.5. The Morgan fingerprint density at radius 3 is 2.77 bits per heavy atom. The van der Waals surface area contributed by atoms with E-state index in [4.69, 9.17) is 4.74 Å². The molecule has 2 saturated carbocycles. The van der Waals surface area contributed by atoms with Gasteiger partial charge in [-0.2, -0.15) is 0 Å². The van der Waals surface area contributed by atoms with Crippen LogP contribution in [-0.4, -0.2) is 18.0 Å². The Bertz CT molecular complexity index is 860. The van der Waals surface area contributed by atoms with Crippen molar-refractivity contribution in [3.05, 3.63) is 34.6 Å². The minimum absolute atomic E-state index is 0.0186. The maximum Gasteiger partial charge on any atom is 0.311 e. The van der Waals surface area contributed by atoms with Gasteiger partial charge in [0.05, 0.1) is 0 Å². The zero-order chi connectivity index (χ0) is 21.5. The number of allylic oxidation sites excluding steroid dienone is 6. The normalized spacial score (nSPS) is 36.7. The molecule has 0 radical (unpaired) electrons. The summed E-state index contributed by atoms with van der Waals surface area (Å²) in [7, 11) is 0. The maximum atomic E-state index is 12.2. The Hall–Kier alpha value is -1.97. The van der Waals surface area contributed by atoms with Crippen LogP contribution >= 0.6 is 0 Å². The summed E-state index contributed by atoms with van der Waals surface area (Å²) in [5.41, 5.74) is 3.76. The molecule has 4 heteroatoms. The molecule has 0 saturated heterocycles. The zero-order valence-corrected chi connectivity index (χ0v) is 18.6. The smallest absolute Gasteiger partial charge is 0.311 e. The number of unbranched alkanes of at least 4 members (excludes halogenated alkanes) is 1. The van der Waals surface area contributed by atoms with Crippen molar-refractivity contribution in [1.29, 1.82) is 0 Å². The highest BCUT2D eigenvalue weighted by Gasteiger charge is 2.55. The molecule has 4 nitrogen and oxygen atoms in total. The van der Waals surface area contributed by atoms with Crippen LogP contribution in [0.1, 0.15) is 85.0 Å². The third kappa shape index (κ3) is 3.33. The minimum atomic E-state index is -0.294. The van der Waals surface area contributed by atoms with E-state index in [-0.39, 0.29) is 28.3 Å². The second-order valence-corrected chi connectivity index (χ2v) is 10.1. The number of fused-ring (bicyclic) bond motifs is 5. The second-order valence-electron chi connectivity index (χ2n) is 10.1. The van der Waals surface area contributed by atoms with Gasteiger partial charge in [0.2, 0.25) is 0 Å². The maximum absolute atomic E-state index is 12.2. The van der Waals surface area contributed by atoms with Gasteiger partial charge in [0.1, 0.15) is 0 Å². The van der Waals surface area contributed by atoms with Gasteiger partial charge in [0, 0.05) is 18.3 Å². The molecule has 4 aliphatic rings. The average molecular weight is 411 g/mol. The molecule has 4 atom stereocenters. The molecule has 0 heterocycles. The van der Waals surface area contributed by atoms with Crippen molar-refractivity contribution < 1.29 is 19.1 Å². The lowest BCUT2D eigenvalue weighted by atomic mass is 9.51. The number of rotatable bonds is 5. The summed E-state index contributed by atoms with van der Waals surface area (Å²) >= 11 is 0. The summed E-state index contributed by atoms with van der Waals surface area (Å²) in [4.78, 5) is 36.0. The van der Waals surface area contributed by atoms with Crippen molar-refractivity contribution in [3.63, 3.8) is 0 Å². The molecule has 2 fully saturated rings. The Labute approximate surface area is 179 Å². The van der Waals surface area contributed by atoms with Crippen molar-refractivity contribution in [2.45, 2.75) is 85.0 Å². The Morgan fingerprint density at radius 1 is 1.23 bits per heavy atom. The van der Waals surface area contributed by atoms with Crippen molar-refractivity contribution in [3.8, 4) is 0 Å². The molecule has 0 aliphatic heterocycles. The average Bonchev–Trinajstić information content (AvgIpc) is 3.08. The predicted molar refractivity (Wildman–Crippen MR) is 115 cm³/mol. The summed E-state index contributed by atoms with van der Waals surface area (Å²) in [6.45, 7) is 6.62. The fourth-order valence-electron chi connectivity index (χ4n) is 6.73. The molecule has 0 N–H and O–H groups in total. The number of ketones is 1. The first kappa shape index (κ1) is 21.3. The molecule has 0 aromatic carbocycles. The van der Waals surface area contributed by atoms with Gasteiger partial charge < -0.3 is 4.74 Å². The number of hydrogen-bond acceptors (Lipinski definition) is 4. The van der Waals surface area contributed by atoms with Crippen LogP contribution in [0.3, 0.4) is 0 Å². The lowest BCUT2D eigenvalue weighted by Crippen LogP contribution is -2.43. The van der Waals surface area contributed by atoms with Gasteiger partial charge in [0.15, 0.2) is 17.8 Å². The van der Waals surface area contributed by atoms with E-state index in [1.807, 2.05) is 13.0 Å². The molecular formula is C26H34O4. The van der Waals surface area contributed by atoms with E-state index in [0.717, 1.165) is 63.2 Å². The van der Waals surface area contributed by atoms with Crippen molar-refractivity contribution in [2.75, 3.05) is 0 Å². The molecule has 0 aromatic rings. The van der Waals surface area contributed by atoms with E-state index in [0.29, 0.717) is 24.7 Å². The van der Waals surface area contributed by atoms with Gasteiger partial charge in [0.25, 0.3) is 0 Å². The third-order valence-electron chi connectivity index (χ3n) is 8.48. The molecule has 0 amide bonds. The van der Waals surface area contributed by atoms with Gasteiger partial charge in [-0.05, 0) is 73.8 Å². The fraction of sp³-hybridized carbons (Fsp3) is 0.654. The first-order valence-corrected chi connectivity index (χ1v) is 11.7. The summed E-state index contributed by atoms with van der Waals surface area (Å²) in [6, 6.07) is 0. The molecule has 0 unspecified atom stereocenters. The molecule has 0 spiro atoms. The Morgan fingerprint density at radius 2 is 2.03 bits per heavy atom. The molecule has 0 bridgehead atoms. The van der Waals surface area contributed by atoms with Crippen LogP contribution in [0.25, 0.3) is 0 Å². The van der Waals surface area contributed by atoms with Crippen LogP contribution < -0.4 is 0 Å². The topological polar surface area (TPSA) is 60.4 Å². The van der Waals surface area contributed by atoms with Crippen LogP contribution in [0, 0.1) is 22.7 Å². The summed E-state index contributed by atoms with van der Waals surface area (Å²) in [6.07, 6.45) is 13.5. The van der Waals surface area contributed by atoms with Gasteiger partial charge in [-0.3, -0.25) is 14.4 Å². The van der Waals surface area contributed by atoms with E-state index in [2.05, 4.69) is 19.9 Å². The molecular weight excluding hydrogens is 376 g/mol. The fourth-order valence-corrected chi connectivity index (χ4v) is 6.73. The van der Waals surface area contributed by atoms with Crippen molar-refractivity contribution in [1.82, 2.24) is 0 Å². The standard InChI is InChI=1S/C26H34O4/c1-4-5-6-24(29)30-23(16-27)22-10-9-20-19-8-7-17-15-18(28)11-13-25(17,2)21(19)12-14-26(20,22)3/h12,15-16,19-20H,4-11,13-14H2,1-3H3/b23-22-/t19-,20-,25-,26-/m0/s1. The van der Waals surface area contributed by atoms with Crippen molar-refractivity contribution >= 4 is 18.0 Å². The largest absolute Gasteiger partial charge is 0.423 e. The minimum Gasteiger partial charge on any atom is -0.423 e. The third-order valence-corrected chi connectivity index (χ3v) is 8.48.